The van der Waals surface area contributed by atoms with E-state index in [4.69, 9.17) is 4.74 Å². The van der Waals surface area contributed by atoms with Gasteiger partial charge in [0.05, 0.1) is 23.2 Å². The minimum atomic E-state index is -0.495. The summed E-state index contributed by atoms with van der Waals surface area (Å²) in [6.45, 7) is 3.93. The number of aryl methyl sites for hydroxylation is 2. The number of carbonyl (C=O) groups excluding carboxylic acids is 2. The SMILES string of the molecule is Cc1nc(N2C(=O)C3=C(C(=O)C4CCCCC4O3)C2c2ccc(Br)cc2)sc1C. The lowest BCUT2D eigenvalue weighted by molar-refractivity contribution is -0.131. The van der Waals surface area contributed by atoms with Crippen LogP contribution in [-0.4, -0.2) is 22.8 Å². The number of Topliss-reactive ketones (excluding diaryl/α,β-unsaturated/α-hetero) is 1. The Hall–Kier alpha value is -1.99. The minimum Gasteiger partial charge on any atom is -0.483 e. The number of fused-ring (bicyclic) bond motifs is 1. The van der Waals surface area contributed by atoms with Crippen LogP contribution in [0, 0.1) is 19.8 Å². The summed E-state index contributed by atoms with van der Waals surface area (Å²) in [5.74, 6) is -0.0895. The second-order valence-electron chi connectivity index (χ2n) is 7.92. The highest BCUT2D eigenvalue weighted by atomic mass is 79.9. The van der Waals surface area contributed by atoms with Crippen LogP contribution in [0.1, 0.15) is 47.9 Å². The van der Waals surface area contributed by atoms with Crippen LogP contribution in [0.25, 0.3) is 0 Å². The van der Waals surface area contributed by atoms with Crippen LogP contribution in [0.4, 0.5) is 5.13 Å². The zero-order valence-corrected chi connectivity index (χ0v) is 18.7. The van der Waals surface area contributed by atoms with E-state index in [1.807, 2.05) is 38.1 Å². The van der Waals surface area contributed by atoms with E-state index in [9.17, 15) is 9.59 Å². The Kier molecular flexibility index (Phi) is 4.62. The van der Waals surface area contributed by atoms with E-state index < -0.39 is 6.04 Å². The minimum absolute atomic E-state index is 0.0738. The lowest BCUT2D eigenvalue weighted by atomic mass is 9.77. The molecule has 2 aliphatic heterocycles. The third-order valence-corrected chi connectivity index (χ3v) is 7.77. The van der Waals surface area contributed by atoms with Gasteiger partial charge in [-0.3, -0.25) is 14.5 Å². The topological polar surface area (TPSA) is 59.5 Å². The highest BCUT2D eigenvalue weighted by molar-refractivity contribution is 9.10. The number of aromatic nitrogens is 1. The van der Waals surface area contributed by atoms with Gasteiger partial charge < -0.3 is 4.74 Å². The average molecular weight is 473 g/mol. The van der Waals surface area contributed by atoms with Gasteiger partial charge in [-0.05, 0) is 50.8 Å². The molecule has 0 spiro atoms. The molecule has 3 unspecified atom stereocenters. The van der Waals surface area contributed by atoms with Gasteiger partial charge in [0, 0.05) is 9.35 Å². The molecule has 150 valence electrons. The summed E-state index contributed by atoms with van der Waals surface area (Å²) in [5.41, 5.74) is 2.30. The monoisotopic (exact) mass is 472 g/mol. The molecular formula is C22H21BrN2O3S. The van der Waals surface area contributed by atoms with E-state index in [1.54, 1.807) is 4.90 Å². The normalized spacial score (nSPS) is 26.4. The molecule has 1 saturated carbocycles. The van der Waals surface area contributed by atoms with E-state index in [1.165, 1.54) is 11.3 Å². The first kappa shape index (κ1) is 19.0. The van der Waals surface area contributed by atoms with Gasteiger partial charge in [-0.15, -0.1) is 11.3 Å². The fourth-order valence-electron chi connectivity index (χ4n) is 4.56. The Bertz CT molecular complexity index is 1020. The third kappa shape index (κ3) is 2.97. The highest BCUT2D eigenvalue weighted by Crippen LogP contribution is 2.49. The zero-order chi connectivity index (χ0) is 20.3. The number of halogens is 1. The van der Waals surface area contributed by atoms with Crippen molar-refractivity contribution in [1.29, 1.82) is 0 Å². The van der Waals surface area contributed by atoms with E-state index in [2.05, 4.69) is 20.9 Å². The molecule has 3 heterocycles. The van der Waals surface area contributed by atoms with Crippen molar-refractivity contribution in [2.45, 2.75) is 51.7 Å². The lowest BCUT2D eigenvalue weighted by Crippen LogP contribution is -2.39. The van der Waals surface area contributed by atoms with Gasteiger partial charge in [-0.25, -0.2) is 4.98 Å². The van der Waals surface area contributed by atoms with Crippen LogP contribution < -0.4 is 4.90 Å². The molecule has 0 radical (unpaired) electrons. The van der Waals surface area contributed by atoms with E-state index in [0.717, 1.165) is 46.3 Å². The number of amides is 1. The van der Waals surface area contributed by atoms with Crippen molar-refractivity contribution in [3.05, 3.63) is 56.2 Å². The molecule has 1 aromatic carbocycles. The number of ketones is 1. The molecule has 7 heteroatoms. The number of hydrogen-bond donors (Lipinski definition) is 0. The summed E-state index contributed by atoms with van der Waals surface area (Å²) >= 11 is 4.95. The second-order valence-corrected chi connectivity index (χ2v) is 10.0. The molecule has 5 nitrogen and oxygen atoms in total. The summed E-state index contributed by atoms with van der Waals surface area (Å²) in [7, 11) is 0. The Morgan fingerprint density at radius 3 is 2.55 bits per heavy atom. The molecule has 0 saturated heterocycles. The van der Waals surface area contributed by atoms with Crippen molar-refractivity contribution in [3.8, 4) is 0 Å². The van der Waals surface area contributed by atoms with Crippen LogP contribution in [0.2, 0.25) is 0 Å². The molecule has 1 fully saturated rings. The fourth-order valence-corrected chi connectivity index (χ4v) is 5.76. The van der Waals surface area contributed by atoms with Crippen LogP contribution in [0.3, 0.4) is 0 Å². The maximum absolute atomic E-state index is 13.5. The van der Waals surface area contributed by atoms with Gasteiger partial charge >= 0.3 is 0 Å². The molecule has 0 N–H and O–H groups in total. The van der Waals surface area contributed by atoms with Gasteiger partial charge in [0.1, 0.15) is 6.10 Å². The van der Waals surface area contributed by atoms with Gasteiger partial charge in [0.15, 0.2) is 16.7 Å². The molecule has 2 aromatic rings. The number of anilines is 1. The first-order chi connectivity index (χ1) is 14.0. The third-order valence-electron chi connectivity index (χ3n) is 6.17. The summed E-state index contributed by atoms with van der Waals surface area (Å²) < 4.78 is 7.15. The fraction of sp³-hybridized carbons (Fsp3) is 0.409. The number of rotatable bonds is 2. The number of carbonyl (C=O) groups is 2. The Morgan fingerprint density at radius 1 is 1.14 bits per heavy atom. The Labute approximate surface area is 181 Å². The van der Waals surface area contributed by atoms with Gasteiger partial charge in [-0.2, -0.15) is 0 Å². The van der Waals surface area contributed by atoms with E-state index >= 15 is 0 Å². The average Bonchev–Trinajstić information content (AvgIpc) is 3.19. The molecule has 29 heavy (non-hydrogen) atoms. The Morgan fingerprint density at radius 2 is 1.86 bits per heavy atom. The van der Waals surface area contributed by atoms with Crippen molar-refractivity contribution in [2.75, 3.05) is 4.90 Å². The summed E-state index contributed by atoms with van der Waals surface area (Å²) in [6, 6.07) is 7.29. The molecule has 3 aliphatic rings. The van der Waals surface area contributed by atoms with Gasteiger partial charge in [0.2, 0.25) is 0 Å². The molecule has 3 atom stereocenters. The van der Waals surface area contributed by atoms with Crippen LogP contribution >= 0.6 is 27.3 Å². The van der Waals surface area contributed by atoms with Gasteiger partial charge in [0.25, 0.3) is 5.91 Å². The smallest absolute Gasteiger partial charge is 0.296 e. The Balaban J connectivity index is 1.66. The molecule has 0 bridgehead atoms. The van der Waals surface area contributed by atoms with Crippen LogP contribution in [-0.2, 0) is 14.3 Å². The van der Waals surface area contributed by atoms with Crippen molar-refractivity contribution in [3.63, 3.8) is 0 Å². The summed E-state index contributed by atoms with van der Waals surface area (Å²) in [5, 5.41) is 0.617. The summed E-state index contributed by atoms with van der Waals surface area (Å²) in [4.78, 5) is 34.4. The molecule has 1 amide bonds. The maximum atomic E-state index is 13.5. The van der Waals surface area contributed by atoms with E-state index in [0.29, 0.717) is 10.7 Å². The molecule has 1 aromatic heterocycles. The van der Waals surface area contributed by atoms with Crippen molar-refractivity contribution in [2.24, 2.45) is 5.92 Å². The zero-order valence-electron chi connectivity index (χ0n) is 16.3. The predicted molar refractivity (Wildman–Crippen MR) is 115 cm³/mol. The summed E-state index contributed by atoms with van der Waals surface area (Å²) in [6.07, 6.45) is 3.56. The number of nitrogens with zero attached hydrogens (tertiary/aromatic N) is 2. The van der Waals surface area contributed by atoms with Crippen molar-refractivity contribution >= 4 is 44.1 Å². The predicted octanol–water partition coefficient (Wildman–Crippen LogP) is 5.02. The van der Waals surface area contributed by atoms with Crippen LogP contribution in [0.5, 0.6) is 0 Å². The van der Waals surface area contributed by atoms with E-state index in [-0.39, 0.29) is 29.5 Å². The number of thiazole rings is 1. The van der Waals surface area contributed by atoms with Crippen molar-refractivity contribution in [1.82, 2.24) is 4.98 Å². The second kappa shape index (κ2) is 7.06. The standard InChI is InChI=1S/C22H21BrN2O3S/c1-11-12(2)29-22(24-11)25-18(13-7-9-14(23)10-8-13)17-19(26)15-5-3-4-6-16(15)28-20(17)21(25)27/h7-10,15-16,18H,3-6H2,1-2H3. The first-order valence-corrected chi connectivity index (χ1v) is 11.5. The number of hydrogen-bond acceptors (Lipinski definition) is 5. The maximum Gasteiger partial charge on any atom is 0.296 e. The quantitative estimate of drug-likeness (QED) is 0.615. The number of ether oxygens (including phenoxy) is 1. The molecular weight excluding hydrogens is 452 g/mol. The van der Waals surface area contributed by atoms with Crippen LogP contribution in [0.15, 0.2) is 40.1 Å². The lowest BCUT2D eigenvalue weighted by Gasteiger charge is -2.35. The number of benzene rings is 1. The van der Waals surface area contributed by atoms with Crippen molar-refractivity contribution < 1.29 is 14.3 Å². The van der Waals surface area contributed by atoms with Gasteiger partial charge in [-0.1, -0.05) is 34.5 Å². The molecule has 1 aliphatic carbocycles. The molecule has 5 rings (SSSR count). The largest absolute Gasteiger partial charge is 0.483 e. The highest BCUT2D eigenvalue weighted by Gasteiger charge is 2.53. The first-order valence-electron chi connectivity index (χ1n) is 9.94.